The zero-order valence-electron chi connectivity index (χ0n) is 35.6. The Labute approximate surface area is 381 Å². The molecule has 2 saturated heterocycles. The van der Waals surface area contributed by atoms with Crippen LogP contribution >= 0.6 is 11.8 Å². The number of carbonyl (C=O) groups is 3. The first kappa shape index (κ1) is 43.4. The molecule has 6 aromatic carbocycles. The highest BCUT2D eigenvalue weighted by molar-refractivity contribution is 7.99. The molecule has 2 aliphatic rings. The monoisotopic (exact) mass is 885 g/mol. The minimum atomic E-state index is -1.00. The Hall–Kier alpha value is -6.83. The molecule has 0 spiro atoms. The van der Waals surface area contributed by atoms with Crippen LogP contribution in [-0.4, -0.2) is 50.8 Å². The van der Waals surface area contributed by atoms with Crippen molar-refractivity contribution < 1.29 is 38.1 Å². The molecule has 9 rings (SSSR count). The number of aromatic nitrogens is 1. The summed E-state index contributed by atoms with van der Waals surface area (Å²) >= 11 is 1.50. The summed E-state index contributed by atoms with van der Waals surface area (Å²) in [6.45, 7) is 2.17. The molecule has 65 heavy (non-hydrogen) atoms. The molecule has 2 N–H and O–H groups in total. The highest BCUT2D eigenvalue weighted by atomic mass is 32.2. The normalized spacial score (nSPS) is 19.6. The molecule has 328 valence electrons. The van der Waals surface area contributed by atoms with Gasteiger partial charge >= 0.3 is 6.09 Å². The molecular formula is C53H47N3O8S. The predicted octanol–water partition coefficient (Wildman–Crippen LogP) is 10.3. The minimum Gasteiger partial charge on any atom is -0.445 e. The van der Waals surface area contributed by atoms with Crippen molar-refractivity contribution in [3.8, 4) is 33.7 Å². The first-order valence-electron chi connectivity index (χ1n) is 21.6. The number of carbonyl (C=O) groups excluding carboxylic acids is 3. The standard InChI is InChI=1S/C53H47N3O8S/c1-34-45(33-65-53-55-47(38-16-7-3-8-17-38)49(64-53)39-18-9-4-10-19-39)62-51(63-48(34)40-25-23-35(31-57)24-26-40)43-22-12-21-42(28-43)41-20-11-15-37(27-41)30-56-46(58)29-44(50(56)59)54-52(60)61-32-36-13-5-2-6-14-36/h2-28,34,44-45,48,51,57H,29-33H2,1H3,(H,54,60)/t34-,44?,45+,48+,51+/m1/s1. The second kappa shape index (κ2) is 19.9. The summed E-state index contributed by atoms with van der Waals surface area (Å²) in [4.78, 5) is 45.1. The van der Waals surface area contributed by atoms with Crippen LogP contribution in [0.15, 0.2) is 173 Å². The molecule has 12 heteroatoms. The number of nitrogens with zero attached hydrogens (tertiary/aromatic N) is 2. The van der Waals surface area contributed by atoms with Crippen LogP contribution in [-0.2, 0) is 43.6 Å². The second-order valence-electron chi connectivity index (χ2n) is 16.1. The maximum Gasteiger partial charge on any atom is 0.408 e. The number of aliphatic hydroxyl groups excluding tert-OH is 1. The zero-order valence-corrected chi connectivity index (χ0v) is 36.4. The Morgan fingerprint density at radius 2 is 1.38 bits per heavy atom. The second-order valence-corrected chi connectivity index (χ2v) is 17.1. The molecule has 11 nitrogen and oxygen atoms in total. The molecule has 1 aromatic heterocycles. The van der Waals surface area contributed by atoms with Gasteiger partial charge in [-0.05, 0) is 45.5 Å². The van der Waals surface area contributed by atoms with Gasteiger partial charge in [-0.25, -0.2) is 9.78 Å². The van der Waals surface area contributed by atoms with Gasteiger partial charge in [0.25, 0.3) is 11.1 Å². The Balaban J connectivity index is 0.919. The van der Waals surface area contributed by atoms with E-state index in [1.807, 2.05) is 164 Å². The molecule has 5 atom stereocenters. The van der Waals surface area contributed by atoms with E-state index in [9.17, 15) is 19.5 Å². The summed E-state index contributed by atoms with van der Waals surface area (Å²) < 4.78 is 25.4. The van der Waals surface area contributed by atoms with Gasteiger partial charge in [0.1, 0.15) is 18.3 Å². The lowest BCUT2D eigenvalue weighted by atomic mass is 9.91. The van der Waals surface area contributed by atoms with Crippen LogP contribution < -0.4 is 5.32 Å². The van der Waals surface area contributed by atoms with E-state index >= 15 is 0 Å². The maximum atomic E-state index is 13.4. The average molecular weight is 886 g/mol. The lowest BCUT2D eigenvalue weighted by molar-refractivity contribution is -0.268. The number of benzene rings is 6. The molecule has 0 aliphatic carbocycles. The van der Waals surface area contributed by atoms with Crippen molar-refractivity contribution >= 4 is 29.7 Å². The molecule has 0 radical (unpaired) electrons. The number of hydrogen-bond donors (Lipinski definition) is 2. The molecule has 2 aliphatic heterocycles. The first-order valence-corrected chi connectivity index (χ1v) is 22.5. The fraction of sp³-hybridized carbons (Fsp3) is 0.208. The van der Waals surface area contributed by atoms with Gasteiger partial charge in [-0.1, -0.05) is 170 Å². The molecule has 3 heterocycles. The zero-order chi connectivity index (χ0) is 44.7. The van der Waals surface area contributed by atoms with Gasteiger partial charge in [-0.3, -0.25) is 14.5 Å². The van der Waals surface area contributed by atoms with Gasteiger partial charge in [0.15, 0.2) is 12.1 Å². The maximum absolute atomic E-state index is 13.4. The van der Waals surface area contributed by atoms with Gasteiger partial charge in [0.05, 0.1) is 31.8 Å². The van der Waals surface area contributed by atoms with Crippen LogP contribution in [0.4, 0.5) is 4.79 Å². The van der Waals surface area contributed by atoms with Gasteiger partial charge in [0, 0.05) is 28.4 Å². The predicted molar refractivity (Wildman–Crippen MR) is 247 cm³/mol. The lowest BCUT2D eigenvalue weighted by Crippen LogP contribution is -2.41. The topological polar surface area (TPSA) is 140 Å². The summed E-state index contributed by atoms with van der Waals surface area (Å²) in [6.07, 6.45) is -2.24. The lowest BCUT2D eigenvalue weighted by Gasteiger charge is -2.41. The number of amides is 3. The number of hydrogen-bond acceptors (Lipinski definition) is 10. The van der Waals surface area contributed by atoms with Crippen molar-refractivity contribution in [2.24, 2.45) is 5.92 Å². The number of aliphatic hydroxyl groups is 1. The van der Waals surface area contributed by atoms with Gasteiger partial charge in [0.2, 0.25) is 5.91 Å². The molecule has 0 bridgehead atoms. The fourth-order valence-corrected chi connectivity index (χ4v) is 9.16. The summed E-state index contributed by atoms with van der Waals surface area (Å²) in [5.74, 6) is 0.319. The van der Waals surface area contributed by atoms with Crippen LogP contribution in [0.3, 0.4) is 0 Å². The van der Waals surface area contributed by atoms with Crippen LogP contribution in [0, 0.1) is 5.92 Å². The quantitative estimate of drug-likeness (QED) is 0.0801. The average Bonchev–Trinajstić information content (AvgIpc) is 3.90. The Morgan fingerprint density at radius 3 is 2.11 bits per heavy atom. The van der Waals surface area contributed by atoms with E-state index in [1.165, 1.54) is 16.7 Å². The van der Waals surface area contributed by atoms with E-state index in [0.717, 1.165) is 55.8 Å². The molecule has 0 saturated carbocycles. The Kier molecular flexibility index (Phi) is 13.3. The fourth-order valence-electron chi connectivity index (χ4n) is 8.17. The number of likely N-dealkylation sites (tertiary alicyclic amines) is 1. The van der Waals surface area contributed by atoms with Crippen LogP contribution in [0.25, 0.3) is 33.7 Å². The van der Waals surface area contributed by atoms with E-state index in [-0.39, 0.29) is 50.2 Å². The minimum absolute atomic E-state index is 0.0484. The van der Waals surface area contributed by atoms with Crippen molar-refractivity contribution in [1.29, 1.82) is 0 Å². The number of thioether (sulfide) groups is 1. The van der Waals surface area contributed by atoms with Crippen molar-refractivity contribution in [3.63, 3.8) is 0 Å². The van der Waals surface area contributed by atoms with Crippen LogP contribution in [0.1, 0.15) is 53.6 Å². The van der Waals surface area contributed by atoms with Crippen LogP contribution in [0.5, 0.6) is 0 Å². The van der Waals surface area contributed by atoms with Crippen molar-refractivity contribution in [1.82, 2.24) is 15.2 Å². The van der Waals surface area contributed by atoms with E-state index in [0.29, 0.717) is 16.7 Å². The smallest absolute Gasteiger partial charge is 0.408 e. The highest BCUT2D eigenvalue weighted by Crippen LogP contribution is 2.44. The largest absolute Gasteiger partial charge is 0.445 e. The third-order valence-corrected chi connectivity index (χ3v) is 12.6. The molecule has 7 aromatic rings. The number of nitrogens with one attached hydrogen (secondary N) is 1. The number of ether oxygens (including phenoxy) is 3. The summed E-state index contributed by atoms with van der Waals surface area (Å²) in [7, 11) is 0. The van der Waals surface area contributed by atoms with Crippen LogP contribution in [0.2, 0.25) is 0 Å². The van der Waals surface area contributed by atoms with E-state index in [4.69, 9.17) is 23.6 Å². The highest BCUT2D eigenvalue weighted by Gasteiger charge is 2.41. The van der Waals surface area contributed by atoms with E-state index in [2.05, 4.69) is 12.2 Å². The molecule has 1 unspecified atom stereocenters. The number of rotatable bonds is 14. The van der Waals surface area contributed by atoms with Crippen molar-refractivity contribution in [2.45, 2.75) is 62.9 Å². The Morgan fingerprint density at radius 1 is 0.738 bits per heavy atom. The number of alkyl carbamates (subject to hydrolysis) is 1. The van der Waals surface area contributed by atoms with Crippen molar-refractivity contribution in [2.75, 3.05) is 5.75 Å². The summed E-state index contributed by atoms with van der Waals surface area (Å²) in [5, 5.41) is 12.9. The SMILES string of the molecule is C[C@@H]1[C@H](CSc2nc(-c3ccccc3)c(-c3ccccc3)o2)O[C@H](c2cccc(-c3cccc(CN4C(=O)CC(NC(=O)OCc5ccccc5)C4=O)c3)c2)O[C@@H]1c1ccc(CO)cc1. The van der Waals surface area contributed by atoms with Gasteiger partial charge in [-0.2, -0.15) is 0 Å². The molecular weight excluding hydrogens is 839 g/mol. The first-order chi connectivity index (χ1) is 31.8. The molecule has 3 amide bonds. The number of imide groups is 1. The van der Waals surface area contributed by atoms with E-state index in [1.54, 1.807) is 0 Å². The third kappa shape index (κ3) is 10.1. The third-order valence-electron chi connectivity index (χ3n) is 11.7. The summed E-state index contributed by atoms with van der Waals surface area (Å²) in [5.41, 5.74) is 8.62. The molecule has 2 fully saturated rings. The van der Waals surface area contributed by atoms with Crippen molar-refractivity contribution in [3.05, 3.63) is 192 Å². The Bertz CT molecular complexity index is 2690. The van der Waals surface area contributed by atoms with E-state index < -0.39 is 24.3 Å². The van der Waals surface area contributed by atoms with Gasteiger partial charge in [-0.15, -0.1) is 0 Å². The number of oxazole rings is 1. The van der Waals surface area contributed by atoms with Gasteiger partial charge < -0.3 is 29.1 Å². The summed E-state index contributed by atoms with van der Waals surface area (Å²) in [6, 6.07) is 51.7.